The molecule has 2 saturated heterocycles. The van der Waals surface area contributed by atoms with Crippen molar-refractivity contribution in [1.82, 2.24) is 19.6 Å². The molecule has 8 nitrogen and oxygen atoms in total. The largest absolute Gasteiger partial charge is 0.508 e. The van der Waals surface area contributed by atoms with Crippen molar-refractivity contribution in [3.05, 3.63) is 101 Å². The maximum atomic E-state index is 13.8. The van der Waals surface area contributed by atoms with Gasteiger partial charge in [0.25, 0.3) is 5.91 Å². The molecule has 0 bridgehead atoms. The molecule has 3 aromatic carbocycles. The topological polar surface area (TPSA) is 87.6 Å². The quantitative estimate of drug-likeness (QED) is 0.308. The monoisotopic (exact) mass is 638 g/mol. The fraction of sp³-hybridized carbons (Fsp3) is 0.429. The number of hydrogen-bond donors (Lipinski definition) is 2. The number of phenolic OH excluding ortho intramolecular Hbond substituents is 1. The third-order valence-corrected chi connectivity index (χ3v) is 8.54. The molecule has 2 heterocycles. The molecule has 0 aliphatic carbocycles. The zero-order valence-electron chi connectivity index (χ0n) is 26.1. The molecule has 45 heavy (non-hydrogen) atoms. The number of carboxylic acid groups (broad SMARTS) is 1. The minimum Gasteiger partial charge on any atom is -0.508 e. The highest BCUT2D eigenvalue weighted by Crippen LogP contribution is 2.34. The average Bonchev–Trinajstić information content (AvgIpc) is 3.28. The number of aromatic hydroxyl groups is 1. The van der Waals surface area contributed by atoms with E-state index in [2.05, 4.69) is 33.2 Å². The Labute approximate surface area is 270 Å². The molecule has 2 aliphatic rings. The molecule has 10 heteroatoms. The van der Waals surface area contributed by atoms with Crippen LogP contribution in [0.5, 0.6) is 5.75 Å². The Balaban J connectivity index is 0.00000226. The van der Waals surface area contributed by atoms with Gasteiger partial charge in [0.1, 0.15) is 11.6 Å². The third-order valence-electron chi connectivity index (χ3n) is 8.54. The molecule has 0 radical (unpaired) electrons. The van der Waals surface area contributed by atoms with Crippen LogP contribution in [0.3, 0.4) is 0 Å². The number of nitrogens with zero attached hydrogens (tertiary/aromatic N) is 4. The first-order valence-corrected chi connectivity index (χ1v) is 16.2. The highest BCUT2D eigenvalue weighted by molar-refractivity contribution is 6.15. The Bertz CT molecular complexity index is 1430. The van der Waals surface area contributed by atoms with Gasteiger partial charge in [0.05, 0.1) is 12.5 Å². The number of aliphatic carboxylic acids is 1. The van der Waals surface area contributed by atoms with Crippen LogP contribution in [-0.2, 0) is 11.3 Å². The van der Waals surface area contributed by atoms with Crippen LogP contribution >= 0.6 is 11.6 Å². The first-order chi connectivity index (χ1) is 21.8. The van der Waals surface area contributed by atoms with Crippen molar-refractivity contribution in [3.63, 3.8) is 0 Å². The SMILES string of the molecule is CC1CN(Cc2cccc(F)c2)CCN1C(c1cccc(O)c1)c1cccc(C(=O)N2CCCN(CCC(=O)O)CC2)c1.CCl. The first kappa shape index (κ1) is 34.4. The maximum Gasteiger partial charge on any atom is 0.304 e. The van der Waals surface area contributed by atoms with E-state index in [9.17, 15) is 19.1 Å². The Morgan fingerprint density at radius 2 is 1.60 bits per heavy atom. The number of benzene rings is 3. The van der Waals surface area contributed by atoms with Crippen LogP contribution in [0, 0.1) is 5.82 Å². The van der Waals surface area contributed by atoms with Gasteiger partial charge in [-0.05, 0) is 73.0 Å². The van der Waals surface area contributed by atoms with Crippen LogP contribution < -0.4 is 0 Å². The average molecular weight is 639 g/mol. The molecule has 2 unspecified atom stereocenters. The first-order valence-electron chi connectivity index (χ1n) is 15.5. The lowest BCUT2D eigenvalue weighted by Crippen LogP contribution is -2.52. The van der Waals surface area contributed by atoms with Crippen LogP contribution in [0.1, 0.15) is 52.9 Å². The fourth-order valence-electron chi connectivity index (χ4n) is 6.41. The van der Waals surface area contributed by atoms with E-state index < -0.39 is 5.97 Å². The van der Waals surface area contributed by atoms with Crippen molar-refractivity contribution in [3.8, 4) is 5.75 Å². The normalized spacial score (nSPS) is 18.8. The number of alkyl halides is 1. The molecule has 0 saturated carbocycles. The Kier molecular flexibility index (Phi) is 12.8. The second-order valence-electron chi connectivity index (χ2n) is 11.7. The van der Waals surface area contributed by atoms with Crippen LogP contribution in [-0.4, -0.2) is 106 Å². The summed E-state index contributed by atoms with van der Waals surface area (Å²) in [5.74, 6) is -0.857. The van der Waals surface area contributed by atoms with Gasteiger partial charge >= 0.3 is 5.97 Å². The second-order valence-corrected chi connectivity index (χ2v) is 11.7. The number of carbonyl (C=O) groups excluding carboxylic acids is 1. The minimum absolute atomic E-state index is 0.0236. The van der Waals surface area contributed by atoms with Crippen molar-refractivity contribution in [1.29, 1.82) is 0 Å². The lowest BCUT2D eigenvalue weighted by atomic mass is 9.93. The second kappa shape index (κ2) is 16.7. The number of rotatable bonds is 9. The maximum absolute atomic E-state index is 13.8. The van der Waals surface area contributed by atoms with Crippen LogP contribution in [0.4, 0.5) is 4.39 Å². The number of carboxylic acids is 1. The van der Waals surface area contributed by atoms with Crippen molar-refractivity contribution >= 4 is 23.5 Å². The molecular weight excluding hydrogens is 595 g/mol. The number of amides is 1. The highest BCUT2D eigenvalue weighted by Gasteiger charge is 2.32. The van der Waals surface area contributed by atoms with Gasteiger partial charge in [-0.25, -0.2) is 4.39 Å². The molecular formula is C35H44ClFN4O4. The minimum atomic E-state index is -0.808. The Morgan fingerprint density at radius 1 is 0.889 bits per heavy atom. The summed E-state index contributed by atoms with van der Waals surface area (Å²) < 4.78 is 13.8. The molecule has 1 amide bonds. The van der Waals surface area contributed by atoms with Crippen molar-refractivity contribution in [2.75, 3.05) is 58.7 Å². The number of carbonyl (C=O) groups is 2. The van der Waals surface area contributed by atoms with Gasteiger partial charge in [-0.3, -0.25) is 19.4 Å². The van der Waals surface area contributed by atoms with Gasteiger partial charge in [-0.2, -0.15) is 0 Å². The predicted octanol–water partition coefficient (Wildman–Crippen LogP) is 5.30. The standard InChI is InChI=1S/C34H41FN4O4.CH3Cl/c1-25-23-37(24-26-6-2-10-30(35)20-26)17-19-39(25)33(28-8-4-11-31(40)22-28)27-7-3-9-29(21-27)34(43)38-14-5-13-36(16-18-38)15-12-32(41)42;1-2/h2-4,6-11,20-22,25,33,40H,5,12-19,23-24H2,1H3,(H,41,42);1H3. The lowest BCUT2D eigenvalue weighted by Gasteiger charge is -2.44. The summed E-state index contributed by atoms with van der Waals surface area (Å²) in [5.41, 5.74) is 3.52. The molecule has 2 N–H and O–H groups in total. The van der Waals surface area contributed by atoms with E-state index in [1.165, 1.54) is 12.4 Å². The zero-order chi connectivity index (χ0) is 32.3. The number of phenols is 1. The number of piperazine rings is 1. The Morgan fingerprint density at radius 3 is 2.31 bits per heavy atom. The van der Waals surface area contributed by atoms with Gasteiger partial charge in [-0.15, -0.1) is 11.6 Å². The van der Waals surface area contributed by atoms with Gasteiger partial charge in [0.15, 0.2) is 0 Å². The molecule has 242 valence electrons. The fourth-order valence-corrected chi connectivity index (χ4v) is 6.41. The van der Waals surface area contributed by atoms with Crippen molar-refractivity contribution < 1.29 is 24.2 Å². The van der Waals surface area contributed by atoms with E-state index in [4.69, 9.17) is 5.11 Å². The van der Waals surface area contributed by atoms with Crippen LogP contribution in [0.15, 0.2) is 72.8 Å². The summed E-state index contributed by atoms with van der Waals surface area (Å²) in [6.07, 6.45) is 2.37. The molecule has 5 rings (SSSR count). The smallest absolute Gasteiger partial charge is 0.304 e. The summed E-state index contributed by atoms with van der Waals surface area (Å²) in [7, 11) is 0. The predicted molar refractivity (Wildman–Crippen MR) is 175 cm³/mol. The third kappa shape index (κ3) is 9.50. The Hall–Kier alpha value is -3.50. The van der Waals surface area contributed by atoms with E-state index in [1.807, 2.05) is 47.4 Å². The summed E-state index contributed by atoms with van der Waals surface area (Å²) >= 11 is 4.64. The van der Waals surface area contributed by atoms with Gasteiger partial charge < -0.3 is 20.0 Å². The van der Waals surface area contributed by atoms with E-state index in [0.29, 0.717) is 38.3 Å². The van der Waals surface area contributed by atoms with Crippen LogP contribution in [0.2, 0.25) is 0 Å². The van der Waals surface area contributed by atoms with E-state index >= 15 is 0 Å². The van der Waals surface area contributed by atoms with E-state index in [-0.39, 0.29) is 36.0 Å². The van der Waals surface area contributed by atoms with Gasteiger partial charge in [0, 0.05) is 70.3 Å². The van der Waals surface area contributed by atoms with Gasteiger partial charge in [0.2, 0.25) is 0 Å². The number of halogens is 2. The molecule has 2 fully saturated rings. The molecule has 2 atom stereocenters. The van der Waals surface area contributed by atoms with Gasteiger partial charge in [-0.1, -0.05) is 36.4 Å². The molecule has 2 aliphatic heterocycles. The summed E-state index contributed by atoms with van der Waals surface area (Å²) in [5, 5.41) is 19.4. The lowest BCUT2D eigenvalue weighted by molar-refractivity contribution is -0.137. The highest BCUT2D eigenvalue weighted by atomic mass is 35.5. The summed E-state index contributed by atoms with van der Waals surface area (Å²) in [6, 6.07) is 21.9. The molecule has 0 aromatic heterocycles. The van der Waals surface area contributed by atoms with E-state index in [1.54, 1.807) is 24.3 Å². The number of hydrogen-bond acceptors (Lipinski definition) is 6. The van der Waals surface area contributed by atoms with Crippen molar-refractivity contribution in [2.45, 2.75) is 38.4 Å². The summed E-state index contributed by atoms with van der Waals surface area (Å²) in [4.78, 5) is 33.5. The molecule has 3 aromatic rings. The summed E-state index contributed by atoms with van der Waals surface area (Å²) in [6.45, 7) is 8.37. The molecule has 0 spiro atoms. The van der Waals surface area contributed by atoms with Crippen LogP contribution in [0.25, 0.3) is 0 Å². The van der Waals surface area contributed by atoms with Crippen molar-refractivity contribution in [2.24, 2.45) is 0 Å². The van der Waals surface area contributed by atoms with E-state index in [0.717, 1.165) is 49.3 Å². The zero-order valence-corrected chi connectivity index (χ0v) is 26.9.